The molecule has 0 radical (unpaired) electrons. The summed E-state index contributed by atoms with van der Waals surface area (Å²) >= 11 is 0. The van der Waals surface area contributed by atoms with Crippen LogP contribution in [0.3, 0.4) is 0 Å². The van der Waals surface area contributed by atoms with E-state index in [1.54, 1.807) is 0 Å². The van der Waals surface area contributed by atoms with E-state index in [4.69, 9.17) is 4.74 Å². The minimum absolute atomic E-state index is 0.0153. The Hall–Kier alpha value is -1.18. The van der Waals surface area contributed by atoms with Crippen LogP contribution in [0.1, 0.15) is 107 Å². The van der Waals surface area contributed by atoms with Gasteiger partial charge in [0.25, 0.3) is 0 Å². The Morgan fingerprint density at radius 3 is 2.26 bits per heavy atom. The Bertz CT molecular complexity index is 1010. The lowest BCUT2D eigenvalue weighted by atomic mass is 9.36. The van der Waals surface area contributed by atoms with Crippen molar-refractivity contribution in [3.63, 3.8) is 0 Å². The zero-order valence-electron chi connectivity index (χ0n) is 23.3. The maximum absolute atomic E-state index is 13.2. The van der Waals surface area contributed by atoms with Crippen LogP contribution in [0, 0.1) is 61.6 Å². The first-order chi connectivity index (χ1) is 16.0. The third kappa shape index (κ3) is 3.26. The van der Waals surface area contributed by atoms with Crippen molar-refractivity contribution in [2.45, 2.75) is 119 Å². The zero-order valence-corrected chi connectivity index (χ0v) is 23.3. The summed E-state index contributed by atoms with van der Waals surface area (Å²) in [6, 6.07) is 2.24. The molecule has 1 saturated heterocycles. The van der Waals surface area contributed by atoms with Crippen molar-refractivity contribution >= 4 is 5.78 Å². The number of hydrogen-bond acceptors (Lipinski definition) is 4. The zero-order chi connectivity index (χ0) is 25.8. The fourth-order valence-electron chi connectivity index (χ4n) is 10.3. The molecule has 4 fully saturated rings. The van der Waals surface area contributed by atoms with Crippen molar-refractivity contribution in [1.29, 1.82) is 5.26 Å². The third-order valence-corrected chi connectivity index (χ3v) is 12.8. The summed E-state index contributed by atoms with van der Waals surface area (Å²) in [5.74, 6) is 0.733. The normalized spacial score (nSPS) is 52.5. The Morgan fingerprint density at radius 1 is 0.943 bits per heavy atom. The van der Waals surface area contributed by atoms with E-state index in [9.17, 15) is 15.2 Å². The van der Waals surface area contributed by atoms with Gasteiger partial charge < -0.3 is 9.84 Å². The molecule has 194 valence electrons. The lowest BCUT2D eigenvalue weighted by Crippen LogP contribution is -2.64. The number of fused-ring (bicyclic) bond motifs is 7. The molecule has 0 aromatic carbocycles. The topological polar surface area (TPSA) is 70.3 Å². The van der Waals surface area contributed by atoms with Crippen molar-refractivity contribution in [2.24, 2.45) is 50.2 Å². The molecule has 0 spiro atoms. The van der Waals surface area contributed by atoms with Gasteiger partial charge >= 0.3 is 0 Å². The summed E-state index contributed by atoms with van der Waals surface area (Å²) in [7, 11) is 0. The minimum atomic E-state index is -0.811. The smallest absolute Gasteiger partial charge is 0.178 e. The van der Waals surface area contributed by atoms with E-state index in [0.29, 0.717) is 23.3 Å². The number of Topliss-reactive ketones (excluding diaryl/α,β-unsaturated/α-hetero) is 1. The van der Waals surface area contributed by atoms with Crippen LogP contribution in [-0.4, -0.2) is 23.3 Å². The van der Waals surface area contributed by atoms with Crippen molar-refractivity contribution in [2.75, 3.05) is 0 Å². The molecule has 9 atom stereocenters. The van der Waals surface area contributed by atoms with Gasteiger partial charge in [0.1, 0.15) is 6.07 Å². The first kappa shape index (κ1) is 25.5. The average molecular weight is 482 g/mol. The monoisotopic (exact) mass is 481 g/mol. The van der Waals surface area contributed by atoms with E-state index in [1.807, 2.05) is 19.9 Å². The molecule has 4 nitrogen and oxygen atoms in total. The van der Waals surface area contributed by atoms with Crippen LogP contribution in [0.15, 0.2) is 11.6 Å². The molecule has 1 heterocycles. The van der Waals surface area contributed by atoms with Gasteiger partial charge in [-0.15, -0.1) is 0 Å². The van der Waals surface area contributed by atoms with Crippen LogP contribution in [0.4, 0.5) is 0 Å². The molecule has 4 aliphatic carbocycles. The van der Waals surface area contributed by atoms with Gasteiger partial charge in [-0.2, -0.15) is 5.26 Å². The van der Waals surface area contributed by atoms with E-state index in [0.717, 1.165) is 25.7 Å². The highest BCUT2D eigenvalue weighted by Gasteiger charge is 2.70. The van der Waals surface area contributed by atoms with Crippen molar-refractivity contribution in [3.05, 3.63) is 11.6 Å². The largest absolute Gasteiger partial charge is 0.368 e. The number of carbonyl (C=O) groups is 1. The molecule has 1 aliphatic heterocycles. The van der Waals surface area contributed by atoms with Gasteiger partial charge in [0, 0.05) is 11.8 Å². The van der Waals surface area contributed by atoms with Crippen LogP contribution >= 0.6 is 0 Å². The molecule has 35 heavy (non-hydrogen) atoms. The number of carbonyl (C=O) groups excluding carboxylic acids is 1. The van der Waals surface area contributed by atoms with Crippen molar-refractivity contribution in [1.82, 2.24) is 0 Å². The number of hydrogen-bond donors (Lipinski definition) is 1. The Balaban J connectivity index is 1.65. The van der Waals surface area contributed by atoms with Gasteiger partial charge in [-0.05, 0) is 89.8 Å². The summed E-state index contributed by atoms with van der Waals surface area (Å²) < 4.78 is 6.76. The van der Waals surface area contributed by atoms with Crippen LogP contribution < -0.4 is 0 Å². The number of rotatable bonds is 0. The first-order valence-electron chi connectivity index (χ1n) is 14.1. The second kappa shape index (κ2) is 7.44. The van der Waals surface area contributed by atoms with Gasteiger partial charge in [-0.3, -0.25) is 4.79 Å². The van der Waals surface area contributed by atoms with Crippen molar-refractivity contribution in [3.8, 4) is 6.07 Å². The van der Waals surface area contributed by atoms with Crippen molar-refractivity contribution < 1.29 is 14.6 Å². The molecule has 0 aromatic heterocycles. The maximum atomic E-state index is 13.2. The highest BCUT2D eigenvalue weighted by Crippen LogP contribution is 2.73. The van der Waals surface area contributed by atoms with E-state index >= 15 is 0 Å². The van der Waals surface area contributed by atoms with E-state index in [2.05, 4.69) is 47.6 Å². The van der Waals surface area contributed by atoms with Gasteiger partial charge in [0.2, 0.25) is 0 Å². The van der Waals surface area contributed by atoms with Crippen LogP contribution in [-0.2, 0) is 9.53 Å². The molecule has 5 aliphatic rings. The molecule has 0 bridgehead atoms. The van der Waals surface area contributed by atoms with Gasteiger partial charge in [0.05, 0.1) is 11.7 Å². The molecule has 3 saturated carbocycles. The Morgan fingerprint density at radius 2 is 1.60 bits per heavy atom. The lowest BCUT2D eigenvalue weighted by Gasteiger charge is -2.68. The summed E-state index contributed by atoms with van der Waals surface area (Å²) in [4.78, 5) is 13.2. The quantitative estimate of drug-likeness (QED) is 0.412. The molecular weight excluding hydrogens is 434 g/mol. The number of aliphatic hydroxyl groups excluding tert-OH is 1. The number of nitrogens with zero attached hydrogens (tertiary/aromatic N) is 1. The fourth-order valence-corrected chi connectivity index (χ4v) is 10.3. The summed E-state index contributed by atoms with van der Waals surface area (Å²) in [5, 5.41) is 21.3. The lowest BCUT2D eigenvalue weighted by molar-refractivity contribution is -0.242. The molecular formula is C31H47NO3. The molecule has 0 aromatic rings. The van der Waals surface area contributed by atoms with Gasteiger partial charge in [0.15, 0.2) is 12.1 Å². The van der Waals surface area contributed by atoms with E-state index in [1.165, 1.54) is 19.3 Å². The molecule has 1 N–H and O–H groups in total. The highest BCUT2D eigenvalue weighted by molar-refractivity contribution is 6.04. The number of ether oxygens (including phenoxy) is 1. The van der Waals surface area contributed by atoms with Crippen LogP contribution in [0.2, 0.25) is 0 Å². The Labute approximate surface area is 212 Å². The Kier molecular flexibility index (Phi) is 5.42. The summed E-state index contributed by atoms with van der Waals surface area (Å²) in [6.45, 7) is 18.6. The standard InChI is InChI=1S/C31H47NO3/c1-26(2)11-12-28(5)13-14-31(8)25(20(28)17-26)35-23(33)15-22-29(6)16-19(18-32)24(34)27(3,4)21(29)9-10-30(22,31)7/h16,20-23,25,33H,9-15,17H2,1-8H3/t20?,21-,22+,23?,25?,28+,29-,30+,31+/m0/s1. The van der Waals surface area contributed by atoms with Crippen LogP contribution in [0.25, 0.3) is 0 Å². The number of nitriles is 1. The summed E-state index contributed by atoms with van der Waals surface area (Å²) in [6.07, 6.45) is 9.80. The second-order valence-corrected chi connectivity index (χ2v) is 15.4. The first-order valence-corrected chi connectivity index (χ1v) is 14.1. The molecule has 3 unspecified atom stereocenters. The fraction of sp³-hybridized carbons (Fsp3) is 0.871. The SMILES string of the molecule is CC1(C)CC[C@]2(C)CC[C@]3(C)C(OC(O)C[C@@H]4[C@@]5(C)C=C(C#N)C(=O)C(C)(C)[C@@H]5CC[C@]43C)C2C1. The number of allylic oxidation sites excluding steroid dienone is 2. The minimum Gasteiger partial charge on any atom is -0.368 e. The van der Waals surface area contributed by atoms with Gasteiger partial charge in [-0.25, -0.2) is 0 Å². The van der Waals surface area contributed by atoms with E-state index < -0.39 is 11.7 Å². The predicted molar refractivity (Wildman–Crippen MR) is 137 cm³/mol. The number of aliphatic hydroxyl groups is 1. The average Bonchev–Trinajstić information content (AvgIpc) is 2.85. The maximum Gasteiger partial charge on any atom is 0.178 e. The second-order valence-electron chi connectivity index (χ2n) is 15.4. The summed E-state index contributed by atoms with van der Waals surface area (Å²) in [5.41, 5.74) is -0.139. The van der Waals surface area contributed by atoms with Gasteiger partial charge in [-0.1, -0.05) is 61.5 Å². The molecule has 5 rings (SSSR count). The third-order valence-electron chi connectivity index (χ3n) is 12.8. The molecule has 0 amide bonds. The number of ketones is 1. The molecule has 4 heteroatoms. The van der Waals surface area contributed by atoms with E-state index in [-0.39, 0.29) is 45.4 Å². The highest BCUT2D eigenvalue weighted by atomic mass is 16.6. The predicted octanol–water partition coefficient (Wildman–Crippen LogP) is 6.82. The van der Waals surface area contributed by atoms with Crippen LogP contribution in [0.5, 0.6) is 0 Å².